The van der Waals surface area contributed by atoms with Crippen LogP contribution < -0.4 is 14.7 Å². The second kappa shape index (κ2) is 9.29. The Kier molecular flexibility index (Phi) is 7.09. The molecule has 1 radical (unpaired) electrons. The molecule has 35 heavy (non-hydrogen) atoms. The van der Waals surface area contributed by atoms with Crippen molar-refractivity contribution >= 4 is 30.7 Å². The van der Waals surface area contributed by atoms with E-state index in [-0.39, 0.29) is 34.1 Å². The van der Waals surface area contributed by atoms with E-state index in [1.807, 2.05) is 13.1 Å². The van der Waals surface area contributed by atoms with Crippen LogP contribution in [0, 0.1) is 29.1 Å². The van der Waals surface area contributed by atoms with E-state index in [1.54, 1.807) is 40.7 Å². The molecule has 0 aliphatic carbocycles. The quantitative estimate of drug-likeness (QED) is 0.126. The number of carbonyl (C=O) groups is 1. The number of fused-ring (bicyclic) bond motifs is 1. The number of methoxy groups -OCH3 is 1. The van der Waals surface area contributed by atoms with Crippen LogP contribution in [0.1, 0.15) is 56.3 Å². The van der Waals surface area contributed by atoms with Crippen molar-refractivity contribution in [3.63, 3.8) is 0 Å². The highest BCUT2D eigenvalue weighted by molar-refractivity contribution is 6.73. The van der Waals surface area contributed by atoms with Gasteiger partial charge in [0.05, 0.1) is 27.6 Å². The largest absolute Gasteiger partial charge is 0.493 e. The van der Waals surface area contributed by atoms with Crippen LogP contribution in [0.4, 0.5) is 22.0 Å². The lowest BCUT2D eigenvalue weighted by atomic mass is 9.86. The number of carbonyl (C=O) groups excluding carboxylic acids is 1. The summed E-state index contributed by atoms with van der Waals surface area (Å²) in [5.41, 5.74) is -2.59. The molecule has 0 unspecified atom stereocenters. The molecule has 0 saturated heterocycles. The van der Waals surface area contributed by atoms with Gasteiger partial charge in [-0.1, -0.05) is 33.9 Å². The molecule has 1 heterocycles. The molecule has 0 amide bonds. The molecular weight excluding hydrogens is 487 g/mol. The fourth-order valence-corrected chi connectivity index (χ4v) is 4.95. The third kappa shape index (κ3) is 4.44. The summed E-state index contributed by atoms with van der Waals surface area (Å²) in [5.74, 6) is -12.0. The van der Waals surface area contributed by atoms with Gasteiger partial charge in [0.25, 0.3) is 0 Å². The lowest BCUT2D eigenvalue weighted by Crippen LogP contribution is -2.26. The number of hydrogen-bond acceptors (Lipinski definition) is 4. The van der Waals surface area contributed by atoms with Gasteiger partial charge in [0, 0.05) is 10.8 Å². The molecule has 1 aromatic heterocycles. The highest BCUT2D eigenvalue weighted by Gasteiger charge is 2.38. The molecule has 0 aliphatic heterocycles. The lowest BCUT2D eigenvalue weighted by molar-refractivity contribution is 0.102. The molecule has 0 N–H and O–H groups in total. The van der Waals surface area contributed by atoms with E-state index in [2.05, 4.69) is 0 Å². The molecule has 4 nitrogen and oxygen atoms in total. The molecule has 0 spiro atoms. The fraction of sp³-hybridized carbons (Fsp3) is 0.400. The molecule has 0 bridgehead atoms. The summed E-state index contributed by atoms with van der Waals surface area (Å²) in [7, 11) is 0.0670. The number of rotatable bonds is 6. The minimum atomic E-state index is -2.34. The smallest absolute Gasteiger partial charge is 0.205 e. The summed E-state index contributed by atoms with van der Waals surface area (Å²) in [5, 5.41) is 0.823. The van der Waals surface area contributed by atoms with Gasteiger partial charge in [-0.15, -0.1) is 0 Å². The maximum absolute atomic E-state index is 14.7. The molecular formula is C25H26F5O4Si. The molecule has 189 valence electrons. The van der Waals surface area contributed by atoms with Gasteiger partial charge in [0.2, 0.25) is 17.3 Å². The molecule has 0 atom stereocenters. The van der Waals surface area contributed by atoms with Gasteiger partial charge in [-0.05, 0) is 25.1 Å². The van der Waals surface area contributed by atoms with Crippen molar-refractivity contribution in [3.05, 3.63) is 52.0 Å². The first-order valence-electron chi connectivity index (χ1n) is 10.8. The number of halogens is 5. The SMILES string of the molecule is COc1cc([Si](C)C)c2c(C(=O)c3c(F)c(F)c(F)c(F)c3F)c(C(C)(C)C)oc2c1OC(C)C. The predicted octanol–water partition coefficient (Wildman–Crippen LogP) is 6.41. The Hall–Kier alpha value is -2.88. The molecule has 10 heteroatoms. The van der Waals surface area contributed by atoms with Gasteiger partial charge < -0.3 is 13.9 Å². The zero-order valence-corrected chi connectivity index (χ0v) is 21.7. The van der Waals surface area contributed by atoms with Crippen molar-refractivity contribution in [2.75, 3.05) is 7.11 Å². The third-order valence-electron chi connectivity index (χ3n) is 5.34. The van der Waals surface area contributed by atoms with Crippen LogP contribution in [0.5, 0.6) is 11.5 Å². The van der Waals surface area contributed by atoms with E-state index in [1.165, 1.54) is 7.11 Å². The normalized spacial score (nSPS) is 12.2. The topological polar surface area (TPSA) is 48.7 Å². The van der Waals surface area contributed by atoms with E-state index in [4.69, 9.17) is 13.9 Å². The van der Waals surface area contributed by atoms with Crippen LogP contribution >= 0.6 is 0 Å². The van der Waals surface area contributed by atoms with E-state index >= 15 is 0 Å². The highest BCUT2D eigenvalue weighted by Crippen LogP contribution is 2.44. The van der Waals surface area contributed by atoms with Crippen molar-refractivity contribution < 1.29 is 40.6 Å². The maximum atomic E-state index is 14.7. The van der Waals surface area contributed by atoms with Gasteiger partial charge in [0.1, 0.15) is 11.3 Å². The van der Waals surface area contributed by atoms with Crippen LogP contribution in [0.25, 0.3) is 11.0 Å². The lowest BCUT2D eigenvalue weighted by Gasteiger charge is -2.18. The first kappa shape index (κ1) is 26.7. The Bertz CT molecular complexity index is 1290. The highest BCUT2D eigenvalue weighted by atomic mass is 28.3. The summed E-state index contributed by atoms with van der Waals surface area (Å²) < 4.78 is 88.6. The molecule has 0 aliphatic rings. The monoisotopic (exact) mass is 513 g/mol. The number of ketones is 1. The van der Waals surface area contributed by atoms with E-state index in [0.717, 1.165) is 0 Å². The van der Waals surface area contributed by atoms with Gasteiger partial charge in [-0.2, -0.15) is 0 Å². The first-order chi connectivity index (χ1) is 16.1. The average molecular weight is 514 g/mol. The van der Waals surface area contributed by atoms with Crippen LogP contribution in [-0.4, -0.2) is 27.8 Å². The molecule has 0 saturated carbocycles. The first-order valence-corrected chi connectivity index (χ1v) is 13.3. The van der Waals surface area contributed by atoms with Crippen molar-refractivity contribution in [2.45, 2.75) is 59.2 Å². The van der Waals surface area contributed by atoms with Crippen LogP contribution in [0.3, 0.4) is 0 Å². The molecule has 0 fully saturated rings. The van der Waals surface area contributed by atoms with Crippen molar-refractivity contribution in [3.8, 4) is 11.5 Å². The summed E-state index contributed by atoms with van der Waals surface area (Å²) in [6.45, 7) is 12.5. The Labute approximate surface area is 201 Å². The van der Waals surface area contributed by atoms with Gasteiger partial charge in [-0.3, -0.25) is 4.79 Å². The summed E-state index contributed by atoms with van der Waals surface area (Å²) in [6.07, 6.45) is -0.330. The maximum Gasteiger partial charge on any atom is 0.205 e. The predicted molar refractivity (Wildman–Crippen MR) is 124 cm³/mol. The van der Waals surface area contributed by atoms with E-state index < -0.39 is 54.6 Å². The van der Waals surface area contributed by atoms with Crippen molar-refractivity contribution in [2.24, 2.45) is 0 Å². The number of ether oxygens (including phenoxy) is 2. The summed E-state index contributed by atoms with van der Waals surface area (Å²) in [4.78, 5) is 13.7. The zero-order chi connectivity index (χ0) is 26.6. The summed E-state index contributed by atoms with van der Waals surface area (Å²) in [6, 6.07) is 1.66. The van der Waals surface area contributed by atoms with E-state index in [9.17, 15) is 26.7 Å². The summed E-state index contributed by atoms with van der Waals surface area (Å²) >= 11 is 0. The van der Waals surface area contributed by atoms with Crippen molar-refractivity contribution in [1.82, 2.24) is 0 Å². The van der Waals surface area contributed by atoms with Crippen molar-refractivity contribution in [1.29, 1.82) is 0 Å². The van der Waals surface area contributed by atoms with Gasteiger partial charge in [-0.25, -0.2) is 22.0 Å². The Balaban J connectivity index is 2.56. The molecule has 3 rings (SSSR count). The van der Waals surface area contributed by atoms with E-state index in [0.29, 0.717) is 10.9 Å². The molecule has 2 aromatic carbocycles. The van der Waals surface area contributed by atoms with Crippen LogP contribution in [0.15, 0.2) is 10.5 Å². The minimum absolute atomic E-state index is 0.0211. The Morgan fingerprint density at radius 2 is 1.46 bits per heavy atom. The second-order valence-corrected chi connectivity index (χ2v) is 12.2. The number of hydrogen-bond donors (Lipinski definition) is 0. The Morgan fingerprint density at radius 3 is 1.89 bits per heavy atom. The second-order valence-electron chi connectivity index (χ2n) is 9.66. The fourth-order valence-electron chi connectivity index (χ4n) is 3.80. The number of benzene rings is 2. The van der Waals surface area contributed by atoms with Gasteiger partial charge >= 0.3 is 0 Å². The van der Waals surface area contributed by atoms with Crippen LogP contribution in [0.2, 0.25) is 13.1 Å². The zero-order valence-electron chi connectivity index (χ0n) is 20.7. The average Bonchev–Trinajstić information content (AvgIpc) is 3.17. The van der Waals surface area contributed by atoms with Gasteiger partial charge in [0.15, 0.2) is 34.6 Å². The van der Waals surface area contributed by atoms with Crippen LogP contribution in [-0.2, 0) is 5.41 Å². The standard InChI is InChI=1S/C25H26F5O4Si/c1-10(2)33-22-11(32-6)9-12(35(7)8)13-14(24(25(3,4)5)34-23(13)22)21(31)15-16(26)18(28)20(30)19(29)17(15)27/h9-10H,1-8H3. The Morgan fingerprint density at radius 1 is 0.943 bits per heavy atom. The minimum Gasteiger partial charge on any atom is -0.493 e. The molecule has 3 aromatic rings. The number of furan rings is 1. The third-order valence-corrected chi connectivity index (χ3v) is 6.81.